The smallest absolute Gasteiger partial charge is 0.251 e. The number of ether oxygens (including phenoxy) is 1. The predicted octanol–water partition coefficient (Wildman–Crippen LogP) is 4.62. The lowest BCUT2D eigenvalue weighted by Crippen LogP contribution is -2.03. The molecule has 9 heteroatoms. The van der Waals surface area contributed by atoms with Gasteiger partial charge < -0.3 is 4.74 Å². The van der Waals surface area contributed by atoms with Crippen LogP contribution in [0, 0.1) is 0 Å². The van der Waals surface area contributed by atoms with Gasteiger partial charge in [0.25, 0.3) is 5.95 Å². The lowest BCUT2D eigenvalue weighted by Gasteiger charge is -2.09. The van der Waals surface area contributed by atoms with Crippen LogP contribution in [0.1, 0.15) is 0 Å². The number of aromatic nitrogens is 4. The van der Waals surface area contributed by atoms with Crippen LogP contribution in [0.5, 0.6) is 5.75 Å². The second-order valence-corrected chi connectivity index (χ2v) is 10.0. The van der Waals surface area contributed by atoms with Crippen LogP contribution < -0.4 is 4.74 Å². The molecule has 0 aliphatic heterocycles. The summed E-state index contributed by atoms with van der Waals surface area (Å²) in [5, 5.41) is 9.40. The van der Waals surface area contributed by atoms with E-state index in [9.17, 15) is 8.42 Å². The summed E-state index contributed by atoms with van der Waals surface area (Å²) in [6.45, 7) is 0. The molecule has 0 N–H and O–H groups in total. The minimum Gasteiger partial charge on any atom is -0.497 e. The molecule has 7 nitrogen and oxygen atoms in total. The summed E-state index contributed by atoms with van der Waals surface area (Å²) in [4.78, 5) is 9.79. The van der Waals surface area contributed by atoms with E-state index in [1.165, 1.54) is 6.26 Å². The van der Waals surface area contributed by atoms with Gasteiger partial charge in [0.1, 0.15) is 5.75 Å². The van der Waals surface area contributed by atoms with E-state index < -0.39 is 9.84 Å². The maximum absolute atomic E-state index is 11.7. The van der Waals surface area contributed by atoms with Gasteiger partial charge in [0.2, 0.25) is 0 Å². The van der Waals surface area contributed by atoms with Gasteiger partial charge in [-0.2, -0.15) is 16.4 Å². The maximum Gasteiger partial charge on any atom is 0.251 e. The van der Waals surface area contributed by atoms with Crippen molar-refractivity contribution in [3.63, 3.8) is 0 Å². The van der Waals surface area contributed by atoms with Gasteiger partial charge >= 0.3 is 0 Å². The number of rotatable bonds is 5. The molecule has 5 aromatic rings. The van der Waals surface area contributed by atoms with Crippen LogP contribution in [-0.2, 0) is 9.84 Å². The maximum atomic E-state index is 11.7. The number of nitrogens with zero attached hydrogens (tertiary/aromatic N) is 4. The molecule has 3 aromatic heterocycles. The molecule has 2 aromatic carbocycles. The third-order valence-electron chi connectivity index (χ3n) is 5.09. The van der Waals surface area contributed by atoms with E-state index in [2.05, 4.69) is 5.10 Å². The van der Waals surface area contributed by atoms with E-state index in [0.29, 0.717) is 5.95 Å². The molecule has 0 spiro atoms. The quantitative estimate of drug-likeness (QED) is 0.379. The molecule has 0 fully saturated rings. The van der Waals surface area contributed by atoms with Gasteiger partial charge in [-0.25, -0.2) is 23.1 Å². The summed E-state index contributed by atoms with van der Waals surface area (Å²) in [5.74, 6) is 1.19. The first kappa shape index (κ1) is 20.3. The molecule has 0 amide bonds. The molecular weight excluding hydrogens is 444 g/mol. The van der Waals surface area contributed by atoms with Gasteiger partial charge in [-0.3, -0.25) is 0 Å². The number of methoxy groups -OCH3 is 1. The zero-order chi connectivity index (χ0) is 22.3. The van der Waals surface area contributed by atoms with Gasteiger partial charge in [0.05, 0.1) is 29.4 Å². The van der Waals surface area contributed by atoms with Crippen LogP contribution in [0.15, 0.2) is 76.6 Å². The number of hydrogen-bond acceptors (Lipinski definition) is 7. The Morgan fingerprint density at radius 1 is 0.969 bits per heavy atom. The Bertz CT molecular complexity index is 1520. The van der Waals surface area contributed by atoms with E-state index in [1.807, 2.05) is 41.2 Å². The molecule has 0 aliphatic rings. The van der Waals surface area contributed by atoms with Crippen molar-refractivity contribution < 1.29 is 13.2 Å². The van der Waals surface area contributed by atoms with Crippen LogP contribution in [0.25, 0.3) is 39.2 Å². The number of fused-ring (bicyclic) bond motifs is 1. The number of hydrogen-bond donors (Lipinski definition) is 0. The summed E-state index contributed by atoms with van der Waals surface area (Å²) < 4.78 is 30.4. The molecule has 5 rings (SSSR count). The third kappa shape index (κ3) is 3.76. The van der Waals surface area contributed by atoms with E-state index in [4.69, 9.17) is 14.7 Å². The summed E-state index contributed by atoms with van der Waals surface area (Å²) in [5.41, 5.74) is 4.28. The Labute approximate surface area is 188 Å². The largest absolute Gasteiger partial charge is 0.497 e. The van der Waals surface area contributed by atoms with Crippen LogP contribution in [0.2, 0.25) is 0 Å². The van der Waals surface area contributed by atoms with Crippen molar-refractivity contribution in [1.82, 2.24) is 19.7 Å². The minimum absolute atomic E-state index is 0.280. The Morgan fingerprint density at radius 2 is 1.78 bits per heavy atom. The number of sulfone groups is 1. The van der Waals surface area contributed by atoms with Gasteiger partial charge in [-0.05, 0) is 47.3 Å². The molecule has 0 aliphatic carbocycles. The minimum atomic E-state index is -3.24. The van der Waals surface area contributed by atoms with Gasteiger partial charge in [0, 0.05) is 34.3 Å². The zero-order valence-corrected chi connectivity index (χ0v) is 18.9. The molecular formula is C23H18N4O3S2. The van der Waals surface area contributed by atoms with Gasteiger partial charge in [0.15, 0.2) is 9.84 Å². The number of benzene rings is 2. The first-order valence-electron chi connectivity index (χ1n) is 9.66. The van der Waals surface area contributed by atoms with E-state index in [-0.39, 0.29) is 4.90 Å². The van der Waals surface area contributed by atoms with Crippen molar-refractivity contribution in [2.75, 3.05) is 13.4 Å². The van der Waals surface area contributed by atoms with Crippen molar-refractivity contribution in [3.8, 4) is 34.1 Å². The Kier molecular flexibility index (Phi) is 4.99. The van der Waals surface area contributed by atoms with Crippen molar-refractivity contribution >= 4 is 32.1 Å². The molecule has 160 valence electrons. The molecule has 3 heterocycles. The molecule has 0 saturated heterocycles. The van der Waals surface area contributed by atoms with Crippen LogP contribution in [-0.4, -0.2) is 41.5 Å². The van der Waals surface area contributed by atoms with Crippen molar-refractivity contribution in [1.29, 1.82) is 0 Å². The molecule has 0 atom stereocenters. The third-order valence-corrected chi connectivity index (χ3v) is 6.90. The summed E-state index contributed by atoms with van der Waals surface area (Å²) >= 11 is 1.60. The standard InChI is InChI=1S/C23H18N4O3S2/c1-30-18-5-8-21-20(11-18)22(16-9-10-31-14-16)26-23(25-21)27-13-17(12-24-27)15-3-6-19(7-4-15)32(2,28)29/h3-14H,1-2H3. The van der Waals surface area contributed by atoms with Crippen molar-refractivity contribution in [2.45, 2.75) is 4.90 Å². The fourth-order valence-corrected chi connectivity index (χ4v) is 4.69. The summed E-state index contributed by atoms with van der Waals surface area (Å²) in [6.07, 6.45) is 4.73. The lowest BCUT2D eigenvalue weighted by molar-refractivity contribution is 0.415. The van der Waals surface area contributed by atoms with Crippen LogP contribution in [0.4, 0.5) is 0 Å². The first-order valence-corrected chi connectivity index (χ1v) is 12.5. The Morgan fingerprint density at radius 3 is 2.47 bits per heavy atom. The average Bonchev–Trinajstić information content (AvgIpc) is 3.50. The molecule has 0 radical (unpaired) electrons. The summed E-state index contributed by atoms with van der Waals surface area (Å²) in [7, 11) is -1.61. The molecule has 0 unspecified atom stereocenters. The Hall–Kier alpha value is -3.56. The average molecular weight is 463 g/mol. The van der Waals surface area contributed by atoms with Gasteiger partial charge in [-0.15, -0.1) is 0 Å². The Balaban J connectivity index is 1.59. The first-order chi connectivity index (χ1) is 15.4. The highest BCUT2D eigenvalue weighted by Gasteiger charge is 2.14. The normalized spacial score (nSPS) is 11.7. The summed E-state index contributed by atoms with van der Waals surface area (Å²) in [6, 6.07) is 14.5. The number of thiophene rings is 1. The highest BCUT2D eigenvalue weighted by Crippen LogP contribution is 2.31. The highest BCUT2D eigenvalue weighted by atomic mass is 32.2. The van der Waals surface area contributed by atoms with Crippen LogP contribution in [0.3, 0.4) is 0 Å². The monoisotopic (exact) mass is 462 g/mol. The molecule has 0 saturated carbocycles. The fraction of sp³-hybridized carbons (Fsp3) is 0.0870. The second-order valence-electron chi connectivity index (χ2n) is 7.24. The second kappa shape index (κ2) is 7.85. The van der Waals surface area contributed by atoms with Crippen molar-refractivity contribution in [3.05, 3.63) is 71.7 Å². The molecule has 0 bridgehead atoms. The fourth-order valence-electron chi connectivity index (χ4n) is 3.42. The van der Waals surface area contributed by atoms with Crippen LogP contribution >= 0.6 is 11.3 Å². The SMILES string of the molecule is COc1ccc2nc(-n3cc(-c4ccc(S(C)(=O)=O)cc4)cn3)nc(-c3ccsc3)c2c1. The lowest BCUT2D eigenvalue weighted by atomic mass is 10.1. The van der Waals surface area contributed by atoms with E-state index in [1.54, 1.807) is 53.6 Å². The van der Waals surface area contributed by atoms with E-state index in [0.717, 1.165) is 39.0 Å². The van der Waals surface area contributed by atoms with Gasteiger partial charge in [-0.1, -0.05) is 12.1 Å². The molecule has 32 heavy (non-hydrogen) atoms. The predicted molar refractivity (Wildman–Crippen MR) is 125 cm³/mol. The topological polar surface area (TPSA) is 87.0 Å². The van der Waals surface area contributed by atoms with E-state index >= 15 is 0 Å². The van der Waals surface area contributed by atoms with Crippen molar-refractivity contribution in [2.24, 2.45) is 0 Å². The zero-order valence-electron chi connectivity index (χ0n) is 17.3. The highest BCUT2D eigenvalue weighted by molar-refractivity contribution is 7.90.